The molecule has 1 fully saturated rings. The zero-order chi connectivity index (χ0) is 13.3. The van der Waals surface area contributed by atoms with Crippen molar-refractivity contribution in [2.75, 3.05) is 0 Å². The van der Waals surface area contributed by atoms with Gasteiger partial charge < -0.3 is 5.32 Å². The van der Waals surface area contributed by atoms with Crippen LogP contribution in [0.2, 0.25) is 10.0 Å². The fourth-order valence-corrected chi connectivity index (χ4v) is 3.06. The molecule has 2 nitrogen and oxygen atoms in total. The molecule has 0 aliphatic carbocycles. The van der Waals surface area contributed by atoms with Crippen molar-refractivity contribution in [3.63, 3.8) is 0 Å². The SMILES string of the molecule is CC(C)C1(Cc2c(Cl)cccc2Cl)CCC(=O)N1. The number of amides is 1. The Morgan fingerprint density at radius 1 is 1.33 bits per heavy atom. The number of carbonyl (C=O) groups excluding carboxylic acids is 1. The number of halogens is 2. The van der Waals surface area contributed by atoms with Crippen molar-refractivity contribution in [1.29, 1.82) is 0 Å². The molecule has 0 spiro atoms. The molecule has 0 bridgehead atoms. The summed E-state index contributed by atoms with van der Waals surface area (Å²) in [5.41, 5.74) is 0.711. The molecule has 1 saturated heterocycles. The minimum Gasteiger partial charge on any atom is -0.350 e. The Bertz CT molecular complexity index is 453. The van der Waals surface area contributed by atoms with E-state index in [-0.39, 0.29) is 11.4 Å². The molecule has 2 rings (SSSR count). The number of benzene rings is 1. The molecule has 1 amide bonds. The van der Waals surface area contributed by atoms with E-state index in [0.29, 0.717) is 28.8 Å². The van der Waals surface area contributed by atoms with Crippen LogP contribution < -0.4 is 5.32 Å². The maximum atomic E-state index is 11.5. The van der Waals surface area contributed by atoms with Crippen molar-refractivity contribution in [1.82, 2.24) is 5.32 Å². The zero-order valence-corrected chi connectivity index (χ0v) is 12.1. The Labute approximate surface area is 118 Å². The molecule has 1 aliphatic rings. The van der Waals surface area contributed by atoms with Crippen LogP contribution in [0.3, 0.4) is 0 Å². The topological polar surface area (TPSA) is 29.1 Å². The van der Waals surface area contributed by atoms with Gasteiger partial charge in [0.05, 0.1) is 0 Å². The van der Waals surface area contributed by atoms with Gasteiger partial charge in [-0.25, -0.2) is 0 Å². The average molecular weight is 286 g/mol. The Morgan fingerprint density at radius 2 is 1.94 bits per heavy atom. The van der Waals surface area contributed by atoms with Crippen LogP contribution in [0.15, 0.2) is 18.2 Å². The van der Waals surface area contributed by atoms with Gasteiger partial charge in [0, 0.05) is 22.0 Å². The predicted octanol–water partition coefficient (Wildman–Crippen LogP) is 3.84. The average Bonchev–Trinajstić information content (AvgIpc) is 2.67. The maximum Gasteiger partial charge on any atom is 0.220 e. The fourth-order valence-electron chi connectivity index (χ4n) is 2.53. The molecule has 1 aromatic carbocycles. The molecular weight excluding hydrogens is 269 g/mol. The first-order valence-corrected chi connectivity index (χ1v) is 6.94. The van der Waals surface area contributed by atoms with Crippen LogP contribution in [0.25, 0.3) is 0 Å². The van der Waals surface area contributed by atoms with E-state index in [2.05, 4.69) is 19.2 Å². The number of hydrogen-bond donors (Lipinski definition) is 1. The molecule has 18 heavy (non-hydrogen) atoms. The summed E-state index contributed by atoms with van der Waals surface area (Å²) in [7, 11) is 0. The summed E-state index contributed by atoms with van der Waals surface area (Å²) in [6.45, 7) is 4.24. The van der Waals surface area contributed by atoms with E-state index in [0.717, 1.165) is 12.0 Å². The Morgan fingerprint density at radius 3 is 2.39 bits per heavy atom. The van der Waals surface area contributed by atoms with E-state index >= 15 is 0 Å². The quantitative estimate of drug-likeness (QED) is 0.898. The zero-order valence-electron chi connectivity index (χ0n) is 10.6. The molecular formula is C14H17Cl2NO. The third-order valence-corrected chi connectivity index (χ3v) is 4.55. The first kappa shape index (κ1) is 13.7. The van der Waals surface area contributed by atoms with Crippen LogP contribution in [-0.4, -0.2) is 11.4 Å². The van der Waals surface area contributed by atoms with Gasteiger partial charge in [-0.3, -0.25) is 4.79 Å². The van der Waals surface area contributed by atoms with Crippen LogP contribution in [0.4, 0.5) is 0 Å². The third-order valence-electron chi connectivity index (χ3n) is 3.85. The van der Waals surface area contributed by atoms with E-state index in [1.807, 2.05) is 18.2 Å². The lowest BCUT2D eigenvalue weighted by Gasteiger charge is -2.34. The number of hydrogen-bond acceptors (Lipinski definition) is 1. The number of nitrogens with one attached hydrogen (secondary N) is 1. The predicted molar refractivity (Wildman–Crippen MR) is 75.1 cm³/mol. The monoisotopic (exact) mass is 285 g/mol. The summed E-state index contributed by atoms with van der Waals surface area (Å²) in [6, 6.07) is 5.52. The molecule has 98 valence electrons. The summed E-state index contributed by atoms with van der Waals surface area (Å²) >= 11 is 12.4. The lowest BCUT2D eigenvalue weighted by atomic mass is 9.80. The summed E-state index contributed by atoms with van der Waals surface area (Å²) < 4.78 is 0. The maximum absolute atomic E-state index is 11.5. The van der Waals surface area contributed by atoms with E-state index in [1.54, 1.807) is 0 Å². The van der Waals surface area contributed by atoms with Crippen LogP contribution in [0.5, 0.6) is 0 Å². The Hall–Kier alpha value is -0.730. The molecule has 1 N–H and O–H groups in total. The van der Waals surface area contributed by atoms with E-state index in [9.17, 15) is 4.79 Å². The van der Waals surface area contributed by atoms with Gasteiger partial charge in [-0.1, -0.05) is 43.1 Å². The van der Waals surface area contributed by atoms with Gasteiger partial charge in [-0.15, -0.1) is 0 Å². The Kier molecular flexibility index (Phi) is 3.88. The number of rotatable bonds is 3. The number of carbonyl (C=O) groups is 1. The highest BCUT2D eigenvalue weighted by molar-refractivity contribution is 6.36. The first-order valence-electron chi connectivity index (χ1n) is 6.18. The van der Waals surface area contributed by atoms with Crippen molar-refractivity contribution in [2.45, 2.75) is 38.6 Å². The molecule has 1 unspecified atom stereocenters. The summed E-state index contributed by atoms with van der Waals surface area (Å²) in [5, 5.41) is 4.45. The van der Waals surface area contributed by atoms with Crippen LogP contribution in [0, 0.1) is 5.92 Å². The molecule has 4 heteroatoms. The first-order chi connectivity index (χ1) is 8.44. The molecule has 1 aromatic rings. The molecule has 1 atom stereocenters. The minimum atomic E-state index is -0.217. The van der Waals surface area contributed by atoms with Crippen LogP contribution in [-0.2, 0) is 11.2 Å². The van der Waals surface area contributed by atoms with Gasteiger partial charge in [-0.2, -0.15) is 0 Å². The lowest BCUT2D eigenvalue weighted by molar-refractivity contribution is -0.120. The highest BCUT2D eigenvalue weighted by atomic mass is 35.5. The van der Waals surface area contributed by atoms with Crippen molar-refractivity contribution < 1.29 is 4.79 Å². The molecule has 1 aliphatic heterocycles. The minimum absolute atomic E-state index is 0.117. The van der Waals surface area contributed by atoms with Gasteiger partial charge in [-0.05, 0) is 36.5 Å². The summed E-state index contributed by atoms with van der Waals surface area (Å²) in [4.78, 5) is 11.5. The van der Waals surface area contributed by atoms with Gasteiger partial charge in [0.15, 0.2) is 0 Å². The van der Waals surface area contributed by atoms with Gasteiger partial charge in [0.1, 0.15) is 0 Å². The van der Waals surface area contributed by atoms with E-state index in [1.165, 1.54) is 0 Å². The van der Waals surface area contributed by atoms with Crippen molar-refractivity contribution in [2.24, 2.45) is 5.92 Å². The summed E-state index contributed by atoms with van der Waals surface area (Å²) in [6.07, 6.45) is 2.11. The van der Waals surface area contributed by atoms with Gasteiger partial charge in [0.25, 0.3) is 0 Å². The third kappa shape index (κ3) is 2.50. The fraction of sp³-hybridized carbons (Fsp3) is 0.500. The van der Waals surface area contributed by atoms with E-state index < -0.39 is 0 Å². The lowest BCUT2D eigenvalue weighted by Crippen LogP contribution is -2.48. The molecule has 1 heterocycles. The molecule has 0 aromatic heterocycles. The van der Waals surface area contributed by atoms with Crippen LogP contribution >= 0.6 is 23.2 Å². The van der Waals surface area contributed by atoms with E-state index in [4.69, 9.17) is 23.2 Å². The summed E-state index contributed by atoms with van der Waals surface area (Å²) in [5.74, 6) is 0.461. The largest absolute Gasteiger partial charge is 0.350 e. The Balaban J connectivity index is 2.33. The van der Waals surface area contributed by atoms with Crippen molar-refractivity contribution >= 4 is 29.1 Å². The second-order valence-corrected chi connectivity index (χ2v) is 6.05. The van der Waals surface area contributed by atoms with Crippen LogP contribution in [0.1, 0.15) is 32.3 Å². The highest BCUT2D eigenvalue weighted by Crippen LogP contribution is 2.36. The molecule has 0 saturated carbocycles. The normalized spacial score (nSPS) is 23.5. The second-order valence-electron chi connectivity index (χ2n) is 5.24. The second kappa shape index (κ2) is 5.10. The van der Waals surface area contributed by atoms with Gasteiger partial charge >= 0.3 is 0 Å². The van der Waals surface area contributed by atoms with Crippen molar-refractivity contribution in [3.05, 3.63) is 33.8 Å². The standard InChI is InChI=1S/C14H17Cl2NO/c1-9(2)14(7-6-13(18)17-14)8-10-11(15)4-3-5-12(10)16/h3-5,9H,6-8H2,1-2H3,(H,17,18). The highest BCUT2D eigenvalue weighted by Gasteiger charge is 2.41. The smallest absolute Gasteiger partial charge is 0.220 e. The van der Waals surface area contributed by atoms with Gasteiger partial charge in [0.2, 0.25) is 5.91 Å². The molecule has 0 radical (unpaired) electrons. The van der Waals surface area contributed by atoms with Crippen molar-refractivity contribution in [3.8, 4) is 0 Å².